The zero-order valence-corrected chi connectivity index (χ0v) is 16.9. The predicted molar refractivity (Wildman–Crippen MR) is 109 cm³/mol. The van der Waals surface area contributed by atoms with Crippen LogP contribution >= 0.6 is 15.9 Å². The molecule has 0 aliphatic carbocycles. The lowest BCUT2D eigenvalue weighted by molar-refractivity contribution is -0.130. The number of aromatic nitrogens is 3. The lowest BCUT2D eigenvalue weighted by Gasteiger charge is -2.36. The van der Waals surface area contributed by atoms with Crippen molar-refractivity contribution in [1.29, 1.82) is 0 Å². The van der Waals surface area contributed by atoms with Gasteiger partial charge in [-0.3, -0.25) is 4.79 Å². The summed E-state index contributed by atoms with van der Waals surface area (Å²) < 4.78 is 8.23. The third-order valence-electron chi connectivity index (χ3n) is 5.18. The maximum Gasteiger partial charge on any atom is 0.231 e. The molecule has 7 heteroatoms. The molecule has 4 rings (SSSR count). The molecule has 1 N–H and O–H groups in total. The summed E-state index contributed by atoms with van der Waals surface area (Å²) in [6.45, 7) is 1.61. The molecule has 3 heterocycles. The van der Waals surface area contributed by atoms with Gasteiger partial charge in [-0.05, 0) is 48.2 Å². The van der Waals surface area contributed by atoms with Gasteiger partial charge in [-0.1, -0.05) is 34.1 Å². The average Bonchev–Trinajstić information content (AvgIpc) is 3.28. The Morgan fingerprint density at radius 2 is 1.96 bits per heavy atom. The molecule has 1 aliphatic rings. The van der Waals surface area contributed by atoms with Crippen LogP contribution < -0.4 is 5.32 Å². The molecule has 0 bridgehead atoms. The van der Waals surface area contributed by atoms with Crippen molar-refractivity contribution in [2.45, 2.75) is 24.8 Å². The molecule has 0 atom stereocenters. The number of ether oxygens (including phenoxy) is 1. The minimum Gasteiger partial charge on any atom is -0.381 e. The van der Waals surface area contributed by atoms with Crippen LogP contribution in [0.2, 0.25) is 0 Å². The van der Waals surface area contributed by atoms with E-state index in [-0.39, 0.29) is 5.91 Å². The topological polar surface area (TPSA) is 69.0 Å². The maximum atomic E-state index is 13.2. The lowest BCUT2D eigenvalue weighted by atomic mass is 9.73. The van der Waals surface area contributed by atoms with Crippen LogP contribution in [0.4, 0.5) is 0 Å². The molecule has 1 aromatic carbocycles. The molecule has 1 amide bonds. The van der Waals surface area contributed by atoms with Crippen molar-refractivity contribution in [2.75, 3.05) is 13.2 Å². The Kier molecular flexibility index (Phi) is 5.54. The van der Waals surface area contributed by atoms with E-state index in [0.717, 1.165) is 21.4 Å². The quantitative estimate of drug-likeness (QED) is 0.659. The van der Waals surface area contributed by atoms with Crippen molar-refractivity contribution in [3.63, 3.8) is 0 Å². The Labute approximate surface area is 172 Å². The number of hydrogen-bond acceptors (Lipinski definition) is 4. The fourth-order valence-electron chi connectivity index (χ4n) is 3.55. The zero-order chi connectivity index (χ0) is 19.4. The van der Waals surface area contributed by atoms with Gasteiger partial charge in [0.1, 0.15) is 0 Å². The number of hydrogen-bond donors (Lipinski definition) is 1. The van der Waals surface area contributed by atoms with Gasteiger partial charge < -0.3 is 10.1 Å². The Morgan fingerprint density at radius 1 is 1.18 bits per heavy atom. The minimum atomic E-state index is -0.554. The van der Waals surface area contributed by atoms with Crippen LogP contribution in [0.25, 0.3) is 5.82 Å². The number of pyridine rings is 1. The Bertz CT molecular complexity index is 918. The smallest absolute Gasteiger partial charge is 0.231 e. The fourth-order valence-corrected chi connectivity index (χ4v) is 3.81. The van der Waals surface area contributed by atoms with Crippen molar-refractivity contribution < 1.29 is 9.53 Å². The largest absolute Gasteiger partial charge is 0.381 e. The second kappa shape index (κ2) is 8.24. The van der Waals surface area contributed by atoms with E-state index in [2.05, 4.69) is 31.3 Å². The summed E-state index contributed by atoms with van der Waals surface area (Å²) in [6, 6.07) is 13.7. The number of halogens is 1. The van der Waals surface area contributed by atoms with Crippen LogP contribution in [0.3, 0.4) is 0 Å². The van der Waals surface area contributed by atoms with Gasteiger partial charge in [0.05, 0.1) is 5.41 Å². The maximum absolute atomic E-state index is 13.2. The molecule has 144 valence electrons. The number of amides is 1. The summed E-state index contributed by atoms with van der Waals surface area (Å²) in [6.07, 6.45) is 6.68. The Balaban J connectivity index is 1.48. The van der Waals surface area contributed by atoms with Crippen molar-refractivity contribution in [2.24, 2.45) is 0 Å². The molecule has 3 aromatic rings. The van der Waals surface area contributed by atoms with Crippen molar-refractivity contribution in [1.82, 2.24) is 20.1 Å². The summed E-state index contributed by atoms with van der Waals surface area (Å²) >= 11 is 3.47. The van der Waals surface area contributed by atoms with Gasteiger partial charge >= 0.3 is 0 Å². The van der Waals surface area contributed by atoms with E-state index in [0.29, 0.717) is 32.6 Å². The molecule has 1 fully saturated rings. The van der Waals surface area contributed by atoms with Crippen LogP contribution in [-0.4, -0.2) is 33.9 Å². The number of carbonyl (C=O) groups is 1. The fraction of sp³-hybridized carbons (Fsp3) is 0.286. The van der Waals surface area contributed by atoms with Crippen molar-refractivity contribution >= 4 is 21.8 Å². The molecule has 1 aliphatic heterocycles. The average molecular weight is 441 g/mol. The second-order valence-corrected chi connectivity index (χ2v) is 7.78. The molecule has 2 aromatic heterocycles. The van der Waals surface area contributed by atoms with Crippen LogP contribution in [0.5, 0.6) is 0 Å². The van der Waals surface area contributed by atoms with E-state index in [1.807, 2.05) is 48.7 Å². The number of nitrogens with zero attached hydrogens (tertiary/aromatic N) is 3. The van der Waals surface area contributed by atoms with Crippen molar-refractivity contribution in [3.8, 4) is 5.82 Å². The highest BCUT2D eigenvalue weighted by atomic mass is 79.9. The number of rotatable bonds is 5. The summed E-state index contributed by atoms with van der Waals surface area (Å²) in [5, 5.41) is 7.28. The van der Waals surface area contributed by atoms with Gasteiger partial charge in [0, 0.05) is 42.8 Å². The highest BCUT2D eigenvalue weighted by molar-refractivity contribution is 9.10. The summed E-state index contributed by atoms with van der Waals surface area (Å²) in [5.74, 6) is 0.783. The molecule has 0 saturated carbocycles. The Hall–Kier alpha value is -2.51. The summed E-state index contributed by atoms with van der Waals surface area (Å²) in [7, 11) is 0. The molecular formula is C21H21BrN4O2. The lowest BCUT2D eigenvalue weighted by Crippen LogP contribution is -2.47. The zero-order valence-electron chi connectivity index (χ0n) is 15.3. The van der Waals surface area contributed by atoms with E-state index in [1.54, 1.807) is 17.1 Å². The Morgan fingerprint density at radius 3 is 2.61 bits per heavy atom. The molecule has 28 heavy (non-hydrogen) atoms. The molecule has 6 nitrogen and oxygen atoms in total. The van der Waals surface area contributed by atoms with Gasteiger partial charge in [0.25, 0.3) is 0 Å². The molecule has 0 unspecified atom stereocenters. The van der Waals surface area contributed by atoms with E-state index in [9.17, 15) is 4.79 Å². The number of benzene rings is 1. The monoisotopic (exact) mass is 440 g/mol. The highest BCUT2D eigenvalue weighted by Crippen LogP contribution is 2.35. The van der Waals surface area contributed by atoms with Gasteiger partial charge in [-0.15, -0.1) is 0 Å². The molecular weight excluding hydrogens is 420 g/mol. The third-order valence-corrected chi connectivity index (χ3v) is 5.71. The number of nitrogens with one attached hydrogen (secondary N) is 1. The van der Waals surface area contributed by atoms with Gasteiger partial charge in [-0.2, -0.15) is 5.10 Å². The summed E-state index contributed by atoms with van der Waals surface area (Å²) in [4.78, 5) is 17.6. The SMILES string of the molecule is O=C(NCc1ccc(-n2cccn2)nc1)C1(c2ccc(Br)cc2)CCOCC1. The standard InChI is InChI=1S/C21H21BrN4O2/c22-18-5-3-17(4-6-18)21(8-12-28-13-9-21)20(27)24-15-16-2-7-19(23-14-16)26-11-1-10-25-26/h1-7,10-11,14H,8-9,12-13,15H2,(H,24,27). The van der Waals surface area contributed by atoms with Crippen LogP contribution in [-0.2, 0) is 21.5 Å². The second-order valence-electron chi connectivity index (χ2n) is 6.86. The normalized spacial score (nSPS) is 15.9. The molecule has 0 radical (unpaired) electrons. The van der Waals surface area contributed by atoms with Gasteiger partial charge in [0.15, 0.2) is 5.82 Å². The number of carbonyl (C=O) groups excluding carboxylic acids is 1. The molecule has 0 spiro atoms. The van der Waals surface area contributed by atoms with Crippen molar-refractivity contribution in [3.05, 3.63) is 76.7 Å². The highest BCUT2D eigenvalue weighted by Gasteiger charge is 2.41. The van der Waals surface area contributed by atoms with E-state index in [4.69, 9.17) is 4.74 Å². The van der Waals surface area contributed by atoms with Crippen LogP contribution in [0, 0.1) is 0 Å². The third kappa shape index (κ3) is 3.86. The van der Waals surface area contributed by atoms with Crippen LogP contribution in [0.1, 0.15) is 24.0 Å². The van der Waals surface area contributed by atoms with E-state index < -0.39 is 5.41 Å². The first-order valence-electron chi connectivity index (χ1n) is 9.24. The summed E-state index contributed by atoms with van der Waals surface area (Å²) in [5.41, 5.74) is 1.42. The predicted octanol–water partition coefficient (Wildman–Crippen LogP) is 3.39. The first-order valence-corrected chi connectivity index (χ1v) is 10.0. The minimum absolute atomic E-state index is 0.0364. The van der Waals surface area contributed by atoms with E-state index >= 15 is 0 Å². The first kappa shape index (κ1) is 18.8. The van der Waals surface area contributed by atoms with Crippen LogP contribution in [0.15, 0.2) is 65.5 Å². The molecule has 1 saturated heterocycles. The van der Waals surface area contributed by atoms with Gasteiger partial charge in [0.2, 0.25) is 5.91 Å². The first-order chi connectivity index (χ1) is 13.7. The van der Waals surface area contributed by atoms with Gasteiger partial charge in [-0.25, -0.2) is 9.67 Å². The van der Waals surface area contributed by atoms with E-state index in [1.165, 1.54) is 0 Å².